The number of unbranched alkanes of at least 4 members (excludes halogenated alkanes) is 27. The Morgan fingerprint density at radius 2 is 0.867 bits per heavy atom. The highest BCUT2D eigenvalue weighted by Crippen LogP contribution is 2.40. The van der Waals surface area contributed by atoms with E-state index < -0.39 is 36.9 Å². The van der Waals surface area contributed by atoms with E-state index in [9.17, 15) is 25.2 Å². The van der Waals surface area contributed by atoms with Crippen LogP contribution in [0, 0.1) is 0 Å². The van der Waals surface area contributed by atoms with Crippen molar-refractivity contribution in [2.45, 2.75) is 238 Å². The molecule has 6 N–H and O–H groups in total. The van der Waals surface area contributed by atoms with Gasteiger partial charge in [-0.2, -0.15) is 5.10 Å². The fourth-order valence-corrected chi connectivity index (χ4v) is 7.23. The number of rotatable bonds is 43. The summed E-state index contributed by atoms with van der Waals surface area (Å²) in [7, 11) is 0. The van der Waals surface area contributed by atoms with Gasteiger partial charge in [-0.05, 0) is 31.4 Å². The van der Waals surface area contributed by atoms with Crippen molar-refractivity contribution in [2.75, 3.05) is 26.4 Å². The zero-order valence-corrected chi connectivity index (χ0v) is 38.4. The average Bonchev–Trinajstić information content (AvgIpc) is 3.25. The number of aliphatic hydroxyl groups is 5. The molecular formula is C49H90N2O9. The second-order valence-electron chi connectivity index (χ2n) is 16.8. The lowest BCUT2D eigenvalue weighted by Gasteiger charge is -2.23. The molecule has 0 saturated carbocycles. The van der Waals surface area contributed by atoms with Crippen LogP contribution in [0.15, 0.2) is 17.2 Å². The molecule has 0 radical (unpaired) electrons. The molecule has 0 aliphatic carbocycles. The molecule has 0 aromatic heterocycles. The first-order valence-electron chi connectivity index (χ1n) is 24.5. The third kappa shape index (κ3) is 28.2. The number of carbonyl (C=O) groups is 1. The van der Waals surface area contributed by atoms with Crippen molar-refractivity contribution in [2.24, 2.45) is 5.10 Å². The van der Waals surface area contributed by atoms with Gasteiger partial charge in [0.05, 0.1) is 32.6 Å². The van der Waals surface area contributed by atoms with Gasteiger partial charge in [-0.3, -0.25) is 4.79 Å². The van der Waals surface area contributed by atoms with E-state index in [0.717, 1.165) is 57.6 Å². The number of aliphatic hydroxyl groups excluding tert-OH is 5. The summed E-state index contributed by atoms with van der Waals surface area (Å²) >= 11 is 0. The standard InChI is InChI=1S/C49H90N2O9/c1-4-7-10-13-16-19-22-25-28-31-34-58-44-37-41(49(57)51-50-39-42(53)46(55)47(56)43(54)40-52)38-45(59-35-32-29-26-23-20-17-14-11-8-5-2)48(44)60-36-33-30-27-24-21-18-15-12-9-6-3/h37-39,42-43,46-47,52-56H,4-36,40H2,1-3H3,(H,51,57)/b50-39+/t42-,43+,46+,47+/m0/s1. The van der Waals surface area contributed by atoms with Crippen LogP contribution in [0.3, 0.4) is 0 Å². The quantitative estimate of drug-likeness (QED) is 0.0213. The van der Waals surface area contributed by atoms with Gasteiger partial charge in [-0.15, -0.1) is 0 Å². The number of nitrogens with one attached hydrogen (secondary N) is 1. The molecule has 0 aliphatic rings. The topological polar surface area (TPSA) is 170 Å². The fourth-order valence-electron chi connectivity index (χ4n) is 7.23. The maximum absolute atomic E-state index is 13.4. The molecule has 1 amide bonds. The molecule has 1 aromatic rings. The van der Waals surface area contributed by atoms with E-state index in [1.165, 1.54) is 141 Å². The molecule has 60 heavy (non-hydrogen) atoms. The molecule has 0 unspecified atom stereocenters. The Morgan fingerprint density at radius 1 is 0.533 bits per heavy atom. The second-order valence-corrected chi connectivity index (χ2v) is 16.8. The first kappa shape index (κ1) is 55.6. The molecule has 11 heteroatoms. The van der Waals surface area contributed by atoms with Crippen LogP contribution < -0.4 is 19.6 Å². The number of carbonyl (C=O) groups excluding carboxylic acids is 1. The lowest BCUT2D eigenvalue weighted by Crippen LogP contribution is -2.46. The molecule has 0 bridgehead atoms. The lowest BCUT2D eigenvalue weighted by molar-refractivity contribution is -0.0999. The Kier molecular flexibility index (Phi) is 36.5. The lowest BCUT2D eigenvalue weighted by atomic mass is 10.0. The van der Waals surface area contributed by atoms with E-state index in [1.807, 2.05) is 0 Å². The van der Waals surface area contributed by atoms with Crippen LogP contribution >= 0.6 is 0 Å². The van der Waals surface area contributed by atoms with Crippen LogP contribution in [0.5, 0.6) is 17.2 Å². The molecular weight excluding hydrogens is 761 g/mol. The van der Waals surface area contributed by atoms with Crippen molar-refractivity contribution in [1.29, 1.82) is 0 Å². The highest BCUT2D eigenvalue weighted by Gasteiger charge is 2.29. The van der Waals surface area contributed by atoms with Gasteiger partial charge < -0.3 is 39.7 Å². The maximum atomic E-state index is 13.4. The van der Waals surface area contributed by atoms with Gasteiger partial charge in [0.1, 0.15) is 24.4 Å². The smallest absolute Gasteiger partial charge is 0.271 e. The molecule has 1 rings (SSSR count). The molecule has 1 aromatic carbocycles. The SMILES string of the molecule is CCCCCCCCCCCCOc1cc(C(=O)N/N=C/[C@H](O)[C@@H](O)[C@H](O)[C@H](O)CO)cc(OCCCCCCCCCCCC)c1OCCCCCCCCCCCC. The average molecular weight is 851 g/mol. The molecule has 11 nitrogen and oxygen atoms in total. The summed E-state index contributed by atoms with van der Waals surface area (Å²) in [4.78, 5) is 13.4. The molecule has 0 heterocycles. The van der Waals surface area contributed by atoms with Gasteiger partial charge in [0, 0.05) is 5.56 Å². The normalized spacial score (nSPS) is 13.7. The summed E-state index contributed by atoms with van der Waals surface area (Å²) in [6, 6.07) is 3.27. The molecule has 0 spiro atoms. The third-order valence-electron chi connectivity index (χ3n) is 11.2. The minimum Gasteiger partial charge on any atom is -0.490 e. The van der Waals surface area contributed by atoms with Crippen LogP contribution in [0.1, 0.15) is 224 Å². The minimum atomic E-state index is -1.84. The number of amides is 1. The van der Waals surface area contributed by atoms with Crippen molar-refractivity contribution in [3.63, 3.8) is 0 Å². The Bertz CT molecular complexity index is 1120. The van der Waals surface area contributed by atoms with Crippen LogP contribution in [-0.2, 0) is 0 Å². The number of hydrogen-bond acceptors (Lipinski definition) is 10. The summed E-state index contributed by atoms with van der Waals surface area (Å²) in [5.74, 6) is 0.770. The van der Waals surface area contributed by atoms with Gasteiger partial charge in [-0.1, -0.05) is 194 Å². The summed E-state index contributed by atoms with van der Waals surface area (Å²) in [6.07, 6.45) is 30.3. The number of hydrazone groups is 1. The highest BCUT2D eigenvalue weighted by molar-refractivity contribution is 5.95. The Morgan fingerprint density at radius 3 is 1.22 bits per heavy atom. The van der Waals surface area contributed by atoms with Crippen LogP contribution in [-0.4, -0.2) is 88.5 Å². The summed E-state index contributed by atoms with van der Waals surface area (Å²) in [5.41, 5.74) is 2.59. The number of benzene rings is 1. The monoisotopic (exact) mass is 851 g/mol. The van der Waals surface area contributed by atoms with Gasteiger partial charge in [-0.25, -0.2) is 5.43 Å². The zero-order chi connectivity index (χ0) is 43.9. The Labute approximate surface area is 365 Å². The van der Waals surface area contributed by atoms with Gasteiger partial charge >= 0.3 is 0 Å². The summed E-state index contributed by atoms with van der Waals surface area (Å²) in [6.45, 7) is 7.38. The van der Waals surface area contributed by atoms with Crippen LogP contribution in [0.25, 0.3) is 0 Å². The molecule has 0 fully saturated rings. The summed E-state index contributed by atoms with van der Waals surface area (Å²) < 4.78 is 19.2. The molecule has 0 saturated heterocycles. The van der Waals surface area contributed by atoms with Gasteiger partial charge in [0.2, 0.25) is 5.75 Å². The third-order valence-corrected chi connectivity index (χ3v) is 11.2. The van der Waals surface area contributed by atoms with Crippen molar-refractivity contribution >= 4 is 12.1 Å². The highest BCUT2D eigenvalue weighted by atomic mass is 16.5. The van der Waals surface area contributed by atoms with E-state index >= 15 is 0 Å². The predicted octanol–water partition coefficient (Wildman–Crippen LogP) is 10.7. The summed E-state index contributed by atoms with van der Waals surface area (Å²) in [5, 5.41) is 52.8. The van der Waals surface area contributed by atoms with E-state index in [2.05, 4.69) is 31.3 Å². The van der Waals surface area contributed by atoms with E-state index in [0.29, 0.717) is 37.1 Å². The number of ether oxygens (including phenoxy) is 3. The van der Waals surface area contributed by atoms with Crippen molar-refractivity contribution in [3.8, 4) is 17.2 Å². The van der Waals surface area contributed by atoms with Gasteiger partial charge in [0.25, 0.3) is 5.91 Å². The minimum absolute atomic E-state index is 0.223. The van der Waals surface area contributed by atoms with Crippen molar-refractivity contribution in [1.82, 2.24) is 5.43 Å². The number of nitrogens with zero attached hydrogens (tertiary/aromatic N) is 1. The second kappa shape index (κ2) is 39.4. The largest absolute Gasteiger partial charge is 0.490 e. The van der Waals surface area contributed by atoms with Crippen molar-refractivity contribution in [3.05, 3.63) is 17.7 Å². The molecule has 0 aliphatic heterocycles. The first-order valence-corrected chi connectivity index (χ1v) is 24.5. The molecule has 4 atom stereocenters. The van der Waals surface area contributed by atoms with Crippen LogP contribution in [0.2, 0.25) is 0 Å². The van der Waals surface area contributed by atoms with Crippen LogP contribution in [0.4, 0.5) is 0 Å². The first-order chi connectivity index (χ1) is 29.3. The number of hydrogen-bond donors (Lipinski definition) is 6. The van der Waals surface area contributed by atoms with Gasteiger partial charge in [0.15, 0.2) is 11.5 Å². The Balaban J connectivity index is 3.05. The van der Waals surface area contributed by atoms with E-state index in [-0.39, 0.29) is 5.56 Å². The zero-order valence-electron chi connectivity index (χ0n) is 38.4. The maximum Gasteiger partial charge on any atom is 0.271 e. The van der Waals surface area contributed by atoms with E-state index in [4.69, 9.17) is 19.3 Å². The fraction of sp³-hybridized carbons (Fsp3) is 0.837. The van der Waals surface area contributed by atoms with E-state index in [1.54, 1.807) is 12.1 Å². The van der Waals surface area contributed by atoms with Crippen molar-refractivity contribution < 1.29 is 44.5 Å². The predicted molar refractivity (Wildman–Crippen MR) is 246 cm³/mol. The Hall–Kier alpha value is -2.44. The molecule has 350 valence electrons.